The number of rotatable bonds is 4. The Bertz CT molecular complexity index is 593. The molecule has 2 rings (SSSR count). The normalized spacial score (nSPS) is 13.8. The second-order valence-electron chi connectivity index (χ2n) is 4.71. The third-order valence-electron chi connectivity index (χ3n) is 2.91. The van der Waals surface area contributed by atoms with Crippen molar-refractivity contribution < 1.29 is 14.3 Å². The van der Waals surface area contributed by atoms with Gasteiger partial charge in [0.1, 0.15) is 17.9 Å². The summed E-state index contributed by atoms with van der Waals surface area (Å²) in [4.78, 5) is 11.4. The van der Waals surface area contributed by atoms with Gasteiger partial charge in [-0.2, -0.15) is 0 Å². The van der Waals surface area contributed by atoms with E-state index in [1.807, 2.05) is 42.5 Å². The van der Waals surface area contributed by atoms with E-state index in [0.717, 1.165) is 10.8 Å². The number of methoxy groups -OCH3 is 1. The minimum absolute atomic E-state index is 0.0675. The van der Waals surface area contributed by atoms with Gasteiger partial charge >= 0.3 is 5.97 Å². The number of hydrogen-bond acceptors (Lipinski definition) is 4. The average molecular weight is 259 g/mol. The topological polar surface area (TPSA) is 61.5 Å². The molecule has 1 atom stereocenters. The molecule has 0 spiro atoms. The van der Waals surface area contributed by atoms with E-state index >= 15 is 0 Å². The predicted octanol–water partition coefficient (Wildman–Crippen LogP) is 2.11. The zero-order valence-corrected chi connectivity index (χ0v) is 11.1. The Kier molecular flexibility index (Phi) is 3.71. The molecular weight excluding hydrogens is 242 g/mol. The predicted molar refractivity (Wildman–Crippen MR) is 74.1 cm³/mol. The van der Waals surface area contributed by atoms with Crippen LogP contribution in [0.1, 0.15) is 6.92 Å². The molecule has 0 aromatic heterocycles. The summed E-state index contributed by atoms with van der Waals surface area (Å²) in [5.41, 5.74) is 4.68. The standard InChI is InChI=1S/C15H17NO3/c1-15(16,14(17)18-2)10-19-13-8-7-11-5-3-4-6-12(11)9-13/h3-9H,10,16H2,1-2H3. The van der Waals surface area contributed by atoms with Crippen molar-refractivity contribution in [2.45, 2.75) is 12.5 Å². The fourth-order valence-electron chi connectivity index (χ4n) is 1.78. The van der Waals surface area contributed by atoms with E-state index < -0.39 is 11.5 Å². The van der Waals surface area contributed by atoms with Crippen LogP contribution in [-0.2, 0) is 9.53 Å². The summed E-state index contributed by atoms with van der Waals surface area (Å²) in [5.74, 6) is 0.188. The molecule has 19 heavy (non-hydrogen) atoms. The SMILES string of the molecule is COC(=O)C(C)(N)COc1ccc2ccccc2c1. The number of benzene rings is 2. The summed E-state index contributed by atoms with van der Waals surface area (Å²) in [6, 6.07) is 13.7. The highest BCUT2D eigenvalue weighted by atomic mass is 16.5. The third-order valence-corrected chi connectivity index (χ3v) is 2.91. The largest absolute Gasteiger partial charge is 0.491 e. The molecular formula is C15H17NO3. The van der Waals surface area contributed by atoms with Gasteiger partial charge in [-0.25, -0.2) is 4.79 Å². The molecule has 0 aliphatic heterocycles. The molecule has 0 aliphatic carbocycles. The first-order chi connectivity index (χ1) is 9.03. The lowest BCUT2D eigenvalue weighted by Gasteiger charge is -2.21. The van der Waals surface area contributed by atoms with Crippen molar-refractivity contribution in [2.75, 3.05) is 13.7 Å². The van der Waals surface area contributed by atoms with E-state index in [9.17, 15) is 4.79 Å². The number of carbonyl (C=O) groups excluding carboxylic acids is 1. The van der Waals surface area contributed by atoms with Crippen LogP contribution in [0.2, 0.25) is 0 Å². The second kappa shape index (κ2) is 5.28. The van der Waals surface area contributed by atoms with Crippen molar-refractivity contribution in [1.82, 2.24) is 0 Å². The van der Waals surface area contributed by atoms with Crippen molar-refractivity contribution in [3.63, 3.8) is 0 Å². The fraction of sp³-hybridized carbons (Fsp3) is 0.267. The van der Waals surface area contributed by atoms with Gasteiger partial charge in [-0.05, 0) is 29.8 Å². The van der Waals surface area contributed by atoms with Crippen LogP contribution in [0.15, 0.2) is 42.5 Å². The quantitative estimate of drug-likeness (QED) is 0.854. The third kappa shape index (κ3) is 3.03. The van der Waals surface area contributed by atoms with E-state index in [0.29, 0.717) is 5.75 Å². The summed E-state index contributed by atoms with van der Waals surface area (Å²) >= 11 is 0. The smallest absolute Gasteiger partial charge is 0.329 e. The molecule has 0 radical (unpaired) electrons. The summed E-state index contributed by atoms with van der Waals surface area (Å²) in [6.45, 7) is 1.65. The molecule has 2 aromatic carbocycles. The Labute approximate surface area is 112 Å². The lowest BCUT2D eigenvalue weighted by molar-refractivity contribution is -0.147. The van der Waals surface area contributed by atoms with Crippen LogP contribution >= 0.6 is 0 Å². The highest BCUT2D eigenvalue weighted by Crippen LogP contribution is 2.21. The Balaban J connectivity index is 2.12. The van der Waals surface area contributed by atoms with Crippen molar-refractivity contribution in [3.8, 4) is 5.75 Å². The summed E-state index contributed by atoms with van der Waals surface area (Å²) in [7, 11) is 1.31. The summed E-state index contributed by atoms with van der Waals surface area (Å²) in [6.07, 6.45) is 0. The van der Waals surface area contributed by atoms with Gasteiger partial charge in [0.25, 0.3) is 0 Å². The highest BCUT2D eigenvalue weighted by Gasteiger charge is 2.30. The van der Waals surface area contributed by atoms with Gasteiger partial charge in [0.15, 0.2) is 0 Å². The van der Waals surface area contributed by atoms with Crippen LogP contribution in [0, 0.1) is 0 Å². The van der Waals surface area contributed by atoms with Gasteiger partial charge in [-0.15, -0.1) is 0 Å². The molecule has 0 aliphatic rings. The first-order valence-electron chi connectivity index (χ1n) is 6.02. The molecule has 1 unspecified atom stereocenters. The van der Waals surface area contributed by atoms with E-state index in [2.05, 4.69) is 4.74 Å². The lowest BCUT2D eigenvalue weighted by atomic mass is 10.1. The van der Waals surface area contributed by atoms with Gasteiger partial charge in [0, 0.05) is 0 Å². The van der Waals surface area contributed by atoms with E-state index in [-0.39, 0.29) is 6.61 Å². The number of nitrogens with two attached hydrogens (primary N) is 1. The molecule has 0 amide bonds. The number of ether oxygens (including phenoxy) is 2. The van der Waals surface area contributed by atoms with Crippen molar-refractivity contribution >= 4 is 16.7 Å². The summed E-state index contributed by atoms with van der Waals surface area (Å²) < 4.78 is 10.2. The second-order valence-corrected chi connectivity index (χ2v) is 4.71. The molecule has 4 heteroatoms. The molecule has 0 bridgehead atoms. The van der Waals surface area contributed by atoms with Crippen LogP contribution < -0.4 is 10.5 Å². The number of fused-ring (bicyclic) bond motifs is 1. The molecule has 0 heterocycles. The molecule has 0 saturated heterocycles. The average Bonchev–Trinajstić information content (AvgIpc) is 2.44. The van der Waals surface area contributed by atoms with Gasteiger partial charge < -0.3 is 15.2 Å². The maximum atomic E-state index is 11.4. The summed E-state index contributed by atoms with van der Waals surface area (Å²) in [5, 5.41) is 2.22. The number of hydrogen-bond donors (Lipinski definition) is 1. The van der Waals surface area contributed by atoms with Crippen LogP contribution in [0.5, 0.6) is 5.75 Å². The van der Waals surface area contributed by atoms with E-state index in [4.69, 9.17) is 10.5 Å². The molecule has 100 valence electrons. The van der Waals surface area contributed by atoms with E-state index in [1.54, 1.807) is 6.92 Å². The van der Waals surface area contributed by atoms with Gasteiger partial charge in [-0.3, -0.25) is 0 Å². The Morgan fingerprint density at radius 3 is 2.58 bits per heavy atom. The van der Waals surface area contributed by atoms with Crippen molar-refractivity contribution in [2.24, 2.45) is 5.73 Å². The molecule has 0 fully saturated rings. The number of esters is 1. The minimum Gasteiger partial charge on any atom is -0.491 e. The minimum atomic E-state index is -1.15. The molecule has 2 aromatic rings. The van der Waals surface area contributed by atoms with Crippen LogP contribution in [0.25, 0.3) is 10.8 Å². The Hall–Kier alpha value is -2.07. The van der Waals surface area contributed by atoms with Crippen molar-refractivity contribution in [1.29, 1.82) is 0 Å². The van der Waals surface area contributed by atoms with Crippen LogP contribution in [0.4, 0.5) is 0 Å². The van der Waals surface area contributed by atoms with Gasteiger partial charge in [-0.1, -0.05) is 30.3 Å². The van der Waals surface area contributed by atoms with Gasteiger partial charge in [0.2, 0.25) is 0 Å². The highest BCUT2D eigenvalue weighted by molar-refractivity contribution is 5.83. The van der Waals surface area contributed by atoms with Crippen LogP contribution in [0.3, 0.4) is 0 Å². The zero-order valence-electron chi connectivity index (χ0n) is 11.1. The molecule has 4 nitrogen and oxygen atoms in total. The fourth-order valence-corrected chi connectivity index (χ4v) is 1.78. The van der Waals surface area contributed by atoms with Crippen LogP contribution in [-0.4, -0.2) is 25.2 Å². The first-order valence-corrected chi connectivity index (χ1v) is 6.02. The monoisotopic (exact) mass is 259 g/mol. The molecule has 2 N–H and O–H groups in total. The molecule has 0 saturated carbocycles. The van der Waals surface area contributed by atoms with Gasteiger partial charge in [0.05, 0.1) is 7.11 Å². The Morgan fingerprint density at radius 1 is 1.21 bits per heavy atom. The number of carbonyl (C=O) groups is 1. The van der Waals surface area contributed by atoms with E-state index in [1.165, 1.54) is 7.11 Å². The zero-order chi connectivity index (χ0) is 13.9. The maximum Gasteiger partial charge on any atom is 0.329 e. The lowest BCUT2D eigenvalue weighted by Crippen LogP contribution is -2.50. The Morgan fingerprint density at radius 2 is 1.89 bits per heavy atom. The maximum absolute atomic E-state index is 11.4. The first kappa shape index (κ1) is 13.4. The van der Waals surface area contributed by atoms with Crippen molar-refractivity contribution in [3.05, 3.63) is 42.5 Å².